The van der Waals surface area contributed by atoms with Gasteiger partial charge in [0.2, 0.25) is 5.91 Å². The molecule has 0 saturated heterocycles. The van der Waals surface area contributed by atoms with Crippen molar-refractivity contribution in [2.75, 3.05) is 19.6 Å². The van der Waals surface area contributed by atoms with Crippen molar-refractivity contribution in [1.29, 1.82) is 0 Å². The number of nitrogens with two attached hydrogens (primary N) is 1. The minimum Gasteiger partial charge on any atom is -0.352 e. The van der Waals surface area contributed by atoms with Crippen LogP contribution in [0.2, 0.25) is 0 Å². The zero-order valence-electron chi connectivity index (χ0n) is 11.8. The van der Waals surface area contributed by atoms with E-state index in [9.17, 15) is 4.79 Å². The molecule has 0 spiro atoms. The van der Waals surface area contributed by atoms with Crippen molar-refractivity contribution < 1.29 is 4.79 Å². The van der Waals surface area contributed by atoms with E-state index in [2.05, 4.69) is 37.9 Å². The van der Waals surface area contributed by atoms with Gasteiger partial charge in [0.15, 0.2) is 0 Å². The summed E-state index contributed by atoms with van der Waals surface area (Å²) in [5.74, 6) is 0.129. The number of amides is 1. The molecule has 0 rings (SSSR count). The third kappa shape index (κ3) is 7.34. The highest BCUT2D eigenvalue weighted by molar-refractivity contribution is 5.78. The normalized spacial score (nSPS) is 11.5. The van der Waals surface area contributed by atoms with Crippen molar-refractivity contribution in [3.8, 4) is 0 Å². The summed E-state index contributed by atoms with van der Waals surface area (Å²) in [5, 5.41) is 3.07. The van der Waals surface area contributed by atoms with Gasteiger partial charge in [0.05, 0.1) is 6.54 Å². The van der Waals surface area contributed by atoms with Gasteiger partial charge in [-0.1, -0.05) is 13.8 Å². The van der Waals surface area contributed by atoms with Crippen LogP contribution >= 0.6 is 0 Å². The molecule has 0 unspecified atom stereocenters. The molecule has 0 atom stereocenters. The van der Waals surface area contributed by atoms with Gasteiger partial charge in [-0.15, -0.1) is 0 Å². The summed E-state index contributed by atoms with van der Waals surface area (Å²) in [5.41, 5.74) is 5.50. The molecule has 4 nitrogen and oxygen atoms in total. The van der Waals surface area contributed by atoms with Gasteiger partial charge in [-0.05, 0) is 39.7 Å². The Bertz CT molecular complexity index is 203. The minimum atomic E-state index is 0.129. The van der Waals surface area contributed by atoms with Crippen LogP contribution in [0, 0.1) is 0 Å². The quantitative estimate of drug-likeness (QED) is 0.643. The molecule has 4 heteroatoms. The standard InChI is InChI=1S/C13H29N3O/c1-5-12(6-2)15-13(17)10-16(11(3)4)9-7-8-14/h11-12H,5-10,14H2,1-4H3,(H,15,17). The molecule has 17 heavy (non-hydrogen) atoms. The van der Waals surface area contributed by atoms with E-state index in [1.54, 1.807) is 0 Å². The molecule has 0 fully saturated rings. The first-order valence-corrected chi connectivity index (χ1v) is 6.78. The molecule has 0 aromatic heterocycles. The lowest BCUT2D eigenvalue weighted by Gasteiger charge is -2.26. The van der Waals surface area contributed by atoms with E-state index < -0.39 is 0 Å². The van der Waals surface area contributed by atoms with Crippen LogP contribution < -0.4 is 11.1 Å². The van der Waals surface area contributed by atoms with Crippen LogP contribution in [-0.2, 0) is 4.79 Å². The van der Waals surface area contributed by atoms with Crippen LogP contribution in [0.1, 0.15) is 47.0 Å². The van der Waals surface area contributed by atoms with Crippen molar-refractivity contribution in [3.63, 3.8) is 0 Å². The van der Waals surface area contributed by atoms with Gasteiger partial charge in [0, 0.05) is 18.6 Å². The Morgan fingerprint density at radius 3 is 2.29 bits per heavy atom. The Morgan fingerprint density at radius 1 is 1.29 bits per heavy atom. The fourth-order valence-corrected chi connectivity index (χ4v) is 1.76. The number of hydrogen-bond acceptors (Lipinski definition) is 3. The molecule has 3 N–H and O–H groups in total. The van der Waals surface area contributed by atoms with E-state index in [4.69, 9.17) is 5.73 Å². The number of rotatable bonds is 9. The van der Waals surface area contributed by atoms with Crippen LogP contribution in [0.5, 0.6) is 0 Å². The van der Waals surface area contributed by atoms with Gasteiger partial charge >= 0.3 is 0 Å². The van der Waals surface area contributed by atoms with Gasteiger partial charge < -0.3 is 11.1 Å². The maximum Gasteiger partial charge on any atom is 0.234 e. The van der Waals surface area contributed by atoms with E-state index in [0.29, 0.717) is 25.2 Å². The second-order valence-corrected chi connectivity index (χ2v) is 4.79. The van der Waals surface area contributed by atoms with Gasteiger partial charge in [0.25, 0.3) is 0 Å². The largest absolute Gasteiger partial charge is 0.352 e. The summed E-state index contributed by atoms with van der Waals surface area (Å²) in [6, 6.07) is 0.694. The minimum absolute atomic E-state index is 0.129. The van der Waals surface area contributed by atoms with Crippen LogP contribution in [-0.4, -0.2) is 42.5 Å². The number of carbonyl (C=O) groups is 1. The maximum absolute atomic E-state index is 11.9. The smallest absolute Gasteiger partial charge is 0.234 e. The van der Waals surface area contributed by atoms with Crippen molar-refractivity contribution in [3.05, 3.63) is 0 Å². The van der Waals surface area contributed by atoms with Gasteiger partial charge in [-0.2, -0.15) is 0 Å². The lowest BCUT2D eigenvalue weighted by molar-refractivity contribution is -0.123. The van der Waals surface area contributed by atoms with E-state index >= 15 is 0 Å². The molecule has 0 saturated carbocycles. The van der Waals surface area contributed by atoms with Crippen molar-refractivity contribution in [2.24, 2.45) is 5.73 Å². The second-order valence-electron chi connectivity index (χ2n) is 4.79. The molecule has 0 aliphatic rings. The average Bonchev–Trinajstić information content (AvgIpc) is 2.30. The van der Waals surface area contributed by atoms with Crippen LogP contribution in [0.4, 0.5) is 0 Å². The number of nitrogens with one attached hydrogen (secondary N) is 1. The molecule has 0 aliphatic heterocycles. The fraction of sp³-hybridized carbons (Fsp3) is 0.923. The molecule has 0 aromatic rings. The molecule has 1 amide bonds. The molecule has 102 valence electrons. The fourth-order valence-electron chi connectivity index (χ4n) is 1.76. The van der Waals surface area contributed by atoms with E-state index in [0.717, 1.165) is 25.8 Å². The van der Waals surface area contributed by atoms with E-state index in [-0.39, 0.29) is 5.91 Å². The van der Waals surface area contributed by atoms with Crippen LogP contribution in [0.3, 0.4) is 0 Å². The van der Waals surface area contributed by atoms with Crippen molar-refractivity contribution >= 4 is 5.91 Å². The highest BCUT2D eigenvalue weighted by atomic mass is 16.2. The zero-order valence-corrected chi connectivity index (χ0v) is 11.8. The highest BCUT2D eigenvalue weighted by Crippen LogP contribution is 2.01. The first-order valence-electron chi connectivity index (χ1n) is 6.78. The number of nitrogens with zero attached hydrogens (tertiary/aromatic N) is 1. The maximum atomic E-state index is 11.9. The number of hydrogen-bond donors (Lipinski definition) is 2. The number of carbonyl (C=O) groups excluding carboxylic acids is 1. The van der Waals surface area contributed by atoms with Crippen molar-refractivity contribution in [2.45, 2.75) is 59.0 Å². The molecule has 0 aliphatic carbocycles. The van der Waals surface area contributed by atoms with Gasteiger partial charge in [-0.25, -0.2) is 0 Å². The first-order chi connectivity index (χ1) is 8.04. The summed E-state index contributed by atoms with van der Waals surface area (Å²) < 4.78 is 0. The lowest BCUT2D eigenvalue weighted by atomic mass is 10.1. The lowest BCUT2D eigenvalue weighted by Crippen LogP contribution is -2.44. The van der Waals surface area contributed by atoms with Gasteiger partial charge in [-0.3, -0.25) is 9.69 Å². The molecule has 0 heterocycles. The summed E-state index contributed by atoms with van der Waals surface area (Å²) in [6.07, 6.45) is 2.93. The summed E-state index contributed by atoms with van der Waals surface area (Å²) in [6.45, 7) is 10.5. The summed E-state index contributed by atoms with van der Waals surface area (Å²) >= 11 is 0. The van der Waals surface area contributed by atoms with Crippen molar-refractivity contribution in [1.82, 2.24) is 10.2 Å². The predicted molar refractivity (Wildman–Crippen MR) is 72.9 cm³/mol. The summed E-state index contributed by atoms with van der Waals surface area (Å²) in [7, 11) is 0. The Labute approximate surface area is 106 Å². The third-order valence-electron chi connectivity index (χ3n) is 3.08. The Balaban J connectivity index is 4.11. The average molecular weight is 243 g/mol. The van der Waals surface area contributed by atoms with Gasteiger partial charge in [0.1, 0.15) is 0 Å². The summed E-state index contributed by atoms with van der Waals surface area (Å²) in [4.78, 5) is 14.0. The Kier molecular flexibility index (Phi) is 9.09. The van der Waals surface area contributed by atoms with Crippen LogP contribution in [0.15, 0.2) is 0 Å². The molecular weight excluding hydrogens is 214 g/mol. The zero-order chi connectivity index (χ0) is 13.3. The molecule has 0 bridgehead atoms. The SMILES string of the molecule is CCC(CC)NC(=O)CN(CCCN)C(C)C. The second kappa shape index (κ2) is 9.42. The third-order valence-corrected chi connectivity index (χ3v) is 3.08. The Hall–Kier alpha value is -0.610. The van der Waals surface area contributed by atoms with Crippen LogP contribution in [0.25, 0.3) is 0 Å². The predicted octanol–water partition coefficient (Wildman–Crippen LogP) is 1.35. The monoisotopic (exact) mass is 243 g/mol. The molecular formula is C13H29N3O. The molecule has 0 aromatic carbocycles. The first kappa shape index (κ1) is 16.4. The molecule has 0 radical (unpaired) electrons. The van der Waals surface area contributed by atoms with E-state index in [1.807, 2.05) is 0 Å². The highest BCUT2D eigenvalue weighted by Gasteiger charge is 2.15. The van der Waals surface area contributed by atoms with E-state index in [1.165, 1.54) is 0 Å². The topological polar surface area (TPSA) is 58.4 Å². The Morgan fingerprint density at radius 2 is 1.88 bits per heavy atom.